The number of anilines is 1. The van der Waals surface area contributed by atoms with Gasteiger partial charge >= 0.3 is 0 Å². The van der Waals surface area contributed by atoms with Gasteiger partial charge in [0.2, 0.25) is 0 Å². The van der Waals surface area contributed by atoms with E-state index < -0.39 is 0 Å². The molecule has 1 aromatic carbocycles. The molecule has 1 aromatic heterocycles. The van der Waals surface area contributed by atoms with Crippen LogP contribution >= 0.6 is 23.2 Å². The molecule has 0 spiro atoms. The zero-order chi connectivity index (χ0) is 14.5. The molecule has 0 saturated heterocycles. The van der Waals surface area contributed by atoms with Gasteiger partial charge in [-0.25, -0.2) is 9.97 Å². The van der Waals surface area contributed by atoms with E-state index in [1.54, 1.807) is 18.2 Å². The van der Waals surface area contributed by atoms with Gasteiger partial charge in [-0.15, -0.1) is 0 Å². The Hall–Kier alpha value is -1.52. The summed E-state index contributed by atoms with van der Waals surface area (Å²) >= 11 is 12.1. The first-order valence-electron chi connectivity index (χ1n) is 6.25. The molecule has 0 aliphatic rings. The van der Waals surface area contributed by atoms with E-state index in [9.17, 15) is 0 Å². The lowest BCUT2D eigenvalue weighted by molar-refractivity contribution is 0.296. The smallest absolute Gasteiger partial charge is 0.168 e. The van der Waals surface area contributed by atoms with E-state index in [1.807, 2.05) is 19.9 Å². The third-order valence-electron chi connectivity index (χ3n) is 2.52. The van der Waals surface area contributed by atoms with Crippen LogP contribution in [0.5, 0.6) is 5.75 Å². The average Bonchev–Trinajstić information content (AvgIpc) is 2.38. The Labute approximate surface area is 128 Å². The van der Waals surface area contributed by atoms with Crippen LogP contribution in [0.2, 0.25) is 10.0 Å². The fourth-order valence-electron chi connectivity index (χ4n) is 1.72. The van der Waals surface area contributed by atoms with Gasteiger partial charge in [-0.3, -0.25) is 0 Å². The first-order valence-corrected chi connectivity index (χ1v) is 7.01. The molecule has 20 heavy (non-hydrogen) atoms. The molecule has 1 heterocycles. The summed E-state index contributed by atoms with van der Waals surface area (Å²) in [7, 11) is 0. The number of hydrogen-bond donors (Lipinski definition) is 1. The number of halogens is 2. The van der Waals surface area contributed by atoms with Gasteiger partial charge in [0.25, 0.3) is 0 Å². The van der Waals surface area contributed by atoms with Crippen LogP contribution in [0.15, 0.2) is 24.3 Å². The molecule has 2 rings (SSSR count). The van der Waals surface area contributed by atoms with Gasteiger partial charge in [0, 0.05) is 18.3 Å². The molecule has 4 nitrogen and oxygen atoms in total. The van der Waals surface area contributed by atoms with Crippen LogP contribution in [0, 0.1) is 6.92 Å². The third-order valence-corrected chi connectivity index (χ3v) is 3.12. The summed E-state index contributed by atoms with van der Waals surface area (Å²) in [6.07, 6.45) is 0. The SMILES string of the molecule is CCNc1cc(C)nc(COc2c(Cl)cccc2Cl)n1. The molecular formula is C14H15Cl2N3O. The van der Waals surface area contributed by atoms with Gasteiger partial charge in [-0.1, -0.05) is 29.3 Å². The molecule has 0 unspecified atom stereocenters. The Morgan fingerprint density at radius 1 is 1.20 bits per heavy atom. The van der Waals surface area contributed by atoms with Crippen molar-refractivity contribution >= 4 is 29.0 Å². The zero-order valence-electron chi connectivity index (χ0n) is 11.3. The maximum Gasteiger partial charge on any atom is 0.168 e. The van der Waals surface area contributed by atoms with Crippen molar-refractivity contribution in [3.63, 3.8) is 0 Å². The number of hydrogen-bond acceptors (Lipinski definition) is 4. The molecular weight excluding hydrogens is 297 g/mol. The summed E-state index contributed by atoms with van der Waals surface area (Å²) in [5, 5.41) is 4.09. The van der Waals surface area contributed by atoms with Crippen LogP contribution in [0.1, 0.15) is 18.4 Å². The van der Waals surface area contributed by atoms with Crippen molar-refractivity contribution in [3.8, 4) is 5.75 Å². The molecule has 0 radical (unpaired) electrons. The zero-order valence-corrected chi connectivity index (χ0v) is 12.8. The number of para-hydroxylation sites is 1. The van der Waals surface area contributed by atoms with Gasteiger partial charge in [0.15, 0.2) is 11.6 Å². The second-order valence-corrected chi connectivity index (χ2v) is 4.99. The predicted octanol–water partition coefficient (Wildman–Crippen LogP) is 4.10. The van der Waals surface area contributed by atoms with Gasteiger partial charge in [0.05, 0.1) is 10.0 Å². The Morgan fingerprint density at radius 3 is 2.55 bits per heavy atom. The maximum absolute atomic E-state index is 6.05. The number of rotatable bonds is 5. The van der Waals surface area contributed by atoms with Gasteiger partial charge < -0.3 is 10.1 Å². The van der Waals surface area contributed by atoms with Crippen LogP contribution in [-0.2, 0) is 6.61 Å². The fourth-order valence-corrected chi connectivity index (χ4v) is 2.23. The highest BCUT2D eigenvalue weighted by Crippen LogP contribution is 2.32. The molecule has 2 aromatic rings. The van der Waals surface area contributed by atoms with Crippen LogP contribution in [0.25, 0.3) is 0 Å². The molecule has 0 fully saturated rings. The summed E-state index contributed by atoms with van der Waals surface area (Å²) < 4.78 is 5.63. The molecule has 1 N–H and O–H groups in total. The fraction of sp³-hybridized carbons (Fsp3) is 0.286. The average molecular weight is 312 g/mol. The molecule has 0 amide bonds. The van der Waals surface area contributed by atoms with E-state index in [0.717, 1.165) is 18.1 Å². The molecule has 0 atom stereocenters. The Balaban J connectivity index is 2.14. The predicted molar refractivity (Wildman–Crippen MR) is 81.7 cm³/mol. The van der Waals surface area contributed by atoms with Crippen LogP contribution < -0.4 is 10.1 Å². The normalized spacial score (nSPS) is 10.4. The van der Waals surface area contributed by atoms with Crippen molar-refractivity contribution in [2.75, 3.05) is 11.9 Å². The van der Waals surface area contributed by atoms with Crippen LogP contribution in [0.4, 0.5) is 5.82 Å². The quantitative estimate of drug-likeness (QED) is 0.903. The monoisotopic (exact) mass is 311 g/mol. The number of nitrogens with one attached hydrogen (secondary N) is 1. The lowest BCUT2D eigenvalue weighted by atomic mass is 10.3. The Kier molecular flexibility index (Phi) is 5.04. The lowest BCUT2D eigenvalue weighted by Gasteiger charge is -2.10. The van der Waals surface area contributed by atoms with Gasteiger partial charge in [0.1, 0.15) is 12.4 Å². The third kappa shape index (κ3) is 3.74. The van der Waals surface area contributed by atoms with Crippen LogP contribution in [-0.4, -0.2) is 16.5 Å². The largest absolute Gasteiger partial charge is 0.482 e. The Morgan fingerprint density at radius 2 is 1.90 bits per heavy atom. The van der Waals surface area contributed by atoms with Gasteiger partial charge in [-0.2, -0.15) is 0 Å². The molecule has 106 valence electrons. The van der Waals surface area contributed by atoms with E-state index in [4.69, 9.17) is 27.9 Å². The number of aryl methyl sites for hydroxylation is 1. The van der Waals surface area contributed by atoms with E-state index in [-0.39, 0.29) is 6.61 Å². The number of ether oxygens (including phenoxy) is 1. The summed E-state index contributed by atoms with van der Waals surface area (Å²) in [6, 6.07) is 7.10. The molecule has 0 aliphatic heterocycles. The van der Waals surface area contributed by atoms with Crippen LogP contribution in [0.3, 0.4) is 0 Å². The summed E-state index contributed by atoms with van der Waals surface area (Å²) in [5.74, 6) is 1.81. The van der Waals surface area contributed by atoms with E-state index in [2.05, 4.69) is 15.3 Å². The minimum atomic E-state index is 0.212. The molecule has 0 aliphatic carbocycles. The summed E-state index contributed by atoms with van der Waals surface area (Å²) in [5.41, 5.74) is 0.875. The minimum Gasteiger partial charge on any atom is -0.482 e. The first kappa shape index (κ1) is 14.9. The van der Waals surface area contributed by atoms with Crippen molar-refractivity contribution in [2.24, 2.45) is 0 Å². The first-order chi connectivity index (χ1) is 9.60. The summed E-state index contributed by atoms with van der Waals surface area (Å²) in [6.45, 7) is 4.93. The maximum atomic E-state index is 6.05. The topological polar surface area (TPSA) is 47.0 Å². The second kappa shape index (κ2) is 6.77. The highest BCUT2D eigenvalue weighted by atomic mass is 35.5. The minimum absolute atomic E-state index is 0.212. The Bertz CT molecular complexity index is 585. The van der Waals surface area contributed by atoms with E-state index >= 15 is 0 Å². The number of nitrogens with zero attached hydrogens (tertiary/aromatic N) is 2. The summed E-state index contributed by atoms with van der Waals surface area (Å²) in [4.78, 5) is 8.69. The van der Waals surface area contributed by atoms with E-state index in [0.29, 0.717) is 21.6 Å². The van der Waals surface area contributed by atoms with E-state index in [1.165, 1.54) is 0 Å². The standard InChI is InChI=1S/C14H15Cl2N3O/c1-3-17-12-7-9(2)18-13(19-12)8-20-14-10(15)5-4-6-11(14)16/h4-7H,3,8H2,1-2H3,(H,17,18,19). The number of benzene rings is 1. The van der Waals surface area contributed by atoms with Gasteiger partial charge in [-0.05, 0) is 26.0 Å². The van der Waals surface area contributed by atoms with Crippen molar-refractivity contribution in [1.82, 2.24) is 9.97 Å². The number of aromatic nitrogens is 2. The highest BCUT2D eigenvalue weighted by Gasteiger charge is 2.08. The second-order valence-electron chi connectivity index (χ2n) is 4.18. The van der Waals surface area contributed by atoms with Crippen molar-refractivity contribution in [3.05, 3.63) is 45.8 Å². The lowest BCUT2D eigenvalue weighted by Crippen LogP contribution is -2.07. The van der Waals surface area contributed by atoms with Crippen molar-refractivity contribution in [2.45, 2.75) is 20.5 Å². The van der Waals surface area contributed by atoms with Crippen molar-refractivity contribution < 1.29 is 4.74 Å². The van der Waals surface area contributed by atoms with Crippen molar-refractivity contribution in [1.29, 1.82) is 0 Å². The molecule has 0 saturated carbocycles. The molecule has 6 heteroatoms. The molecule has 0 bridgehead atoms. The highest BCUT2D eigenvalue weighted by molar-refractivity contribution is 6.37.